The number of nitrogens with one attached hydrogen (secondary N) is 1. The molecule has 0 aromatic heterocycles. The molecule has 0 aliphatic rings. The normalized spacial score (nSPS) is 12.1. The topological polar surface area (TPSA) is 41.5 Å². The minimum Gasteiger partial charge on any atom is -0.494 e. The highest BCUT2D eigenvalue weighted by molar-refractivity contribution is 5.29. The first-order chi connectivity index (χ1) is 10.7. The SMILES string of the molecule is COc1ccc(CNCC(CCO)c2ccccc2)cc1F. The number of rotatable bonds is 8. The molecule has 0 aliphatic heterocycles. The summed E-state index contributed by atoms with van der Waals surface area (Å²) >= 11 is 0. The Morgan fingerprint density at radius 2 is 1.95 bits per heavy atom. The van der Waals surface area contributed by atoms with E-state index >= 15 is 0 Å². The van der Waals surface area contributed by atoms with Crippen LogP contribution in [0.5, 0.6) is 5.75 Å². The van der Waals surface area contributed by atoms with E-state index in [1.54, 1.807) is 6.07 Å². The van der Waals surface area contributed by atoms with Crippen molar-refractivity contribution >= 4 is 0 Å². The van der Waals surface area contributed by atoms with Crippen LogP contribution in [-0.2, 0) is 6.54 Å². The van der Waals surface area contributed by atoms with Crippen molar-refractivity contribution in [1.82, 2.24) is 5.32 Å². The Kier molecular flexibility index (Phi) is 6.37. The number of halogens is 1. The van der Waals surface area contributed by atoms with Crippen molar-refractivity contribution < 1.29 is 14.2 Å². The van der Waals surface area contributed by atoms with E-state index in [1.165, 1.54) is 18.7 Å². The molecule has 0 amide bonds. The Bertz CT molecular complexity index is 575. The van der Waals surface area contributed by atoms with Gasteiger partial charge in [-0.05, 0) is 35.6 Å². The quantitative estimate of drug-likeness (QED) is 0.787. The molecule has 0 bridgehead atoms. The fourth-order valence-corrected chi connectivity index (χ4v) is 2.48. The van der Waals surface area contributed by atoms with Crippen LogP contribution in [-0.4, -0.2) is 25.4 Å². The Balaban J connectivity index is 1.92. The molecular formula is C18H22FNO2. The summed E-state index contributed by atoms with van der Waals surface area (Å²) in [7, 11) is 1.45. The zero-order valence-corrected chi connectivity index (χ0v) is 12.8. The van der Waals surface area contributed by atoms with Gasteiger partial charge in [0.05, 0.1) is 7.11 Å². The summed E-state index contributed by atoms with van der Waals surface area (Å²) in [5, 5.41) is 12.5. The van der Waals surface area contributed by atoms with Crippen LogP contribution < -0.4 is 10.1 Å². The number of aliphatic hydroxyl groups is 1. The zero-order chi connectivity index (χ0) is 15.8. The van der Waals surface area contributed by atoms with Crippen LogP contribution in [0.15, 0.2) is 48.5 Å². The van der Waals surface area contributed by atoms with Gasteiger partial charge in [0, 0.05) is 19.7 Å². The Labute approximate surface area is 130 Å². The molecule has 2 N–H and O–H groups in total. The smallest absolute Gasteiger partial charge is 0.165 e. The van der Waals surface area contributed by atoms with Crippen LogP contribution in [0.1, 0.15) is 23.5 Å². The highest BCUT2D eigenvalue weighted by atomic mass is 19.1. The first kappa shape index (κ1) is 16.5. The monoisotopic (exact) mass is 303 g/mol. The van der Waals surface area contributed by atoms with E-state index in [-0.39, 0.29) is 24.1 Å². The lowest BCUT2D eigenvalue weighted by Crippen LogP contribution is -2.22. The lowest BCUT2D eigenvalue weighted by atomic mass is 9.96. The number of hydrogen-bond acceptors (Lipinski definition) is 3. The summed E-state index contributed by atoms with van der Waals surface area (Å²) < 4.78 is 18.5. The fraction of sp³-hybridized carbons (Fsp3) is 0.333. The maximum Gasteiger partial charge on any atom is 0.165 e. The Morgan fingerprint density at radius 1 is 1.18 bits per heavy atom. The van der Waals surface area contributed by atoms with Crippen LogP contribution in [0.4, 0.5) is 4.39 Å². The summed E-state index contributed by atoms with van der Waals surface area (Å²) in [6, 6.07) is 15.1. The van der Waals surface area contributed by atoms with Crippen molar-refractivity contribution in [1.29, 1.82) is 0 Å². The molecule has 0 saturated carbocycles. The number of ether oxygens (including phenoxy) is 1. The van der Waals surface area contributed by atoms with Crippen molar-refractivity contribution in [2.24, 2.45) is 0 Å². The third-order valence-corrected chi connectivity index (χ3v) is 3.68. The van der Waals surface area contributed by atoms with Gasteiger partial charge in [0.25, 0.3) is 0 Å². The molecule has 4 heteroatoms. The second-order valence-corrected chi connectivity index (χ2v) is 5.22. The minimum atomic E-state index is -0.350. The molecule has 0 heterocycles. The Morgan fingerprint density at radius 3 is 2.59 bits per heavy atom. The molecule has 2 rings (SSSR count). The third kappa shape index (κ3) is 4.55. The fourth-order valence-electron chi connectivity index (χ4n) is 2.48. The van der Waals surface area contributed by atoms with Crippen LogP contribution in [0.3, 0.4) is 0 Å². The van der Waals surface area contributed by atoms with E-state index in [9.17, 15) is 9.50 Å². The van der Waals surface area contributed by atoms with Crippen molar-refractivity contribution in [3.05, 3.63) is 65.5 Å². The molecular weight excluding hydrogens is 281 g/mol. The van der Waals surface area contributed by atoms with Crippen LogP contribution >= 0.6 is 0 Å². The molecule has 118 valence electrons. The first-order valence-corrected chi connectivity index (χ1v) is 7.43. The van der Waals surface area contributed by atoms with Gasteiger partial charge in [-0.2, -0.15) is 0 Å². The molecule has 0 fully saturated rings. The minimum absolute atomic E-state index is 0.151. The predicted molar refractivity (Wildman–Crippen MR) is 85.5 cm³/mol. The van der Waals surface area contributed by atoms with Gasteiger partial charge >= 0.3 is 0 Å². The summed E-state index contributed by atoms with van der Waals surface area (Å²) in [5.74, 6) is 0.150. The highest BCUT2D eigenvalue weighted by Crippen LogP contribution is 2.20. The van der Waals surface area contributed by atoms with Crippen molar-refractivity contribution in [2.75, 3.05) is 20.3 Å². The second-order valence-electron chi connectivity index (χ2n) is 5.22. The molecule has 2 aromatic rings. The first-order valence-electron chi connectivity index (χ1n) is 7.43. The molecule has 0 spiro atoms. The predicted octanol–water partition coefficient (Wildman–Crippen LogP) is 3.09. The lowest BCUT2D eigenvalue weighted by Gasteiger charge is -2.17. The molecule has 1 unspecified atom stereocenters. The average Bonchev–Trinajstić information content (AvgIpc) is 2.55. The molecule has 3 nitrogen and oxygen atoms in total. The number of hydrogen-bond donors (Lipinski definition) is 2. The number of methoxy groups -OCH3 is 1. The van der Waals surface area contributed by atoms with Crippen LogP contribution in [0, 0.1) is 5.82 Å². The van der Waals surface area contributed by atoms with Gasteiger partial charge in [0.2, 0.25) is 0 Å². The Hall–Kier alpha value is -1.91. The van der Waals surface area contributed by atoms with Crippen LogP contribution in [0.25, 0.3) is 0 Å². The molecule has 22 heavy (non-hydrogen) atoms. The van der Waals surface area contributed by atoms with Gasteiger partial charge in [-0.1, -0.05) is 36.4 Å². The lowest BCUT2D eigenvalue weighted by molar-refractivity contribution is 0.273. The van der Waals surface area contributed by atoms with E-state index in [1.807, 2.05) is 24.3 Å². The van der Waals surface area contributed by atoms with Crippen LogP contribution in [0.2, 0.25) is 0 Å². The van der Waals surface area contributed by atoms with E-state index in [2.05, 4.69) is 17.4 Å². The van der Waals surface area contributed by atoms with E-state index in [0.717, 1.165) is 12.1 Å². The summed E-state index contributed by atoms with van der Waals surface area (Å²) in [5.41, 5.74) is 2.07. The number of benzene rings is 2. The molecule has 0 radical (unpaired) electrons. The average molecular weight is 303 g/mol. The van der Waals surface area contributed by atoms with E-state index in [0.29, 0.717) is 13.0 Å². The summed E-state index contributed by atoms with van der Waals surface area (Å²) in [6.07, 6.45) is 0.702. The highest BCUT2D eigenvalue weighted by Gasteiger charge is 2.10. The van der Waals surface area contributed by atoms with Gasteiger partial charge in [-0.3, -0.25) is 0 Å². The standard InChI is InChI=1S/C18H22FNO2/c1-22-18-8-7-14(11-17(18)19)12-20-13-16(9-10-21)15-5-3-2-4-6-15/h2-8,11,16,20-21H,9-10,12-13H2,1H3. The second kappa shape index (κ2) is 8.51. The van der Waals surface area contributed by atoms with Crippen molar-refractivity contribution in [3.63, 3.8) is 0 Å². The van der Waals surface area contributed by atoms with Gasteiger partial charge in [-0.25, -0.2) is 4.39 Å². The molecule has 1 atom stereocenters. The maximum atomic E-state index is 13.6. The summed E-state index contributed by atoms with van der Waals surface area (Å²) in [6.45, 7) is 1.46. The van der Waals surface area contributed by atoms with Gasteiger partial charge in [0.1, 0.15) is 0 Å². The molecule has 2 aromatic carbocycles. The van der Waals surface area contributed by atoms with E-state index in [4.69, 9.17) is 4.74 Å². The third-order valence-electron chi connectivity index (χ3n) is 3.68. The van der Waals surface area contributed by atoms with Crippen molar-refractivity contribution in [3.8, 4) is 5.75 Å². The zero-order valence-electron chi connectivity index (χ0n) is 12.8. The van der Waals surface area contributed by atoms with Gasteiger partial charge < -0.3 is 15.2 Å². The largest absolute Gasteiger partial charge is 0.494 e. The van der Waals surface area contributed by atoms with Gasteiger partial charge in [0.15, 0.2) is 11.6 Å². The maximum absolute atomic E-state index is 13.6. The molecule has 0 saturated heterocycles. The van der Waals surface area contributed by atoms with Crippen molar-refractivity contribution in [2.45, 2.75) is 18.9 Å². The number of aliphatic hydroxyl groups excluding tert-OH is 1. The summed E-state index contributed by atoms with van der Waals surface area (Å²) in [4.78, 5) is 0. The van der Waals surface area contributed by atoms with Gasteiger partial charge in [-0.15, -0.1) is 0 Å². The van der Waals surface area contributed by atoms with E-state index < -0.39 is 0 Å². The molecule has 0 aliphatic carbocycles.